The second-order valence-electron chi connectivity index (χ2n) is 10.8. The van der Waals surface area contributed by atoms with Crippen LogP contribution in [0.3, 0.4) is 0 Å². The van der Waals surface area contributed by atoms with E-state index in [2.05, 4.69) is 9.80 Å². The normalized spacial score (nSPS) is 42.8. The fourth-order valence-corrected chi connectivity index (χ4v) is 7.18. The van der Waals surface area contributed by atoms with Gasteiger partial charge in [-0.05, 0) is 56.3 Å². The minimum absolute atomic E-state index is 0.138. The number of ether oxygens (including phenoxy) is 1. The van der Waals surface area contributed by atoms with Gasteiger partial charge in [-0.1, -0.05) is 6.42 Å². The van der Waals surface area contributed by atoms with Crippen molar-refractivity contribution < 1.29 is 14.3 Å². The van der Waals surface area contributed by atoms with Gasteiger partial charge in [0.25, 0.3) is 0 Å². The predicted molar refractivity (Wildman–Crippen MR) is 104 cm³/mol. The third-order valence-electron chi connectivity index (χ3n) is 9.10. The molecule has 0 aromatic heterocycles. The van der Waals surface area contributed by atoms with Crippen LogP contribution in [0.1, 0.15) is 45.4 Å². The van der Waals surface area contributed by atoms with Crippen LogP contribution in [0.15, 0.2) is 0 Å². The van der Waals surface area contributed by atoms with Gasteiger partial charge in [0.15, 0.2) is 0 Å². The van der Waals surface area contributed by atoms with Crippen LogP contribution < -0.4 is 0 Å². The summed E-state index contributed by atoms with van der Waals surface area (Å²) in [7, 11) is 0. The smallest absolute Gasteiger partial charge is 0.409 e. The van der Waals surface area contributed by atoms with Crippen LogP contribution >= 0.6 is 0 Å². The van der Waals surface area contributed by atoms with Gasteiger partial charge in [0.2, 0.25) is 5.91 Å². The average Bonchev–Trinajstić information content (AvgIpc) is 2.95. The van der Waals surface area contributed by atoms with Crippen LogP contribution in [0.2, 0.25) is 0 Å². The Morgan fingerprint density at radius 1 is 0.964 bits per heavy atom. The molecule has 3 atom stereocenters. The summed E-state index contributed by atoms with van der Waals surface area (Å²) in [6, 6.07) is 0.674. The Bertz CT molecular complexity index is 679. The van der Waals surface area contributed by atoms with Crippen molar-refractivity contribution in [2.24, 2.45) is 28.6 Å². The summed E-state index contributed by atoms with van der Waals surface area (Å²) in [5.74, 6) is 2.06. The highest BCUT2D eigenvalue weighted by Gasteiger charge is 2.64. The third kappa shape index (κ3) is 2.49. The van der Waals surface area contributed by atoms with E-state index in [4.69, 9.17) is 4.74 Å². The zero-order chi connectivity index (χ0) is 19.1. The van der Waals surface area contributed by atoms with Crippen molar-refractivity contribution >= 4 is 12.0 Å². The number of amides is 2. The quantitative estimate of drug-likeness (QED) is 0.745. The number of carbonyl (C=O) groups is 2. The van der Waals surface area contributed by atoms with E-state index in [0.717, 1.165) is 45.7 Å². The number of nitrogens with zero attached hydrogens (tertiary/aromatic N) is 3. The molecular formula is C22H33N3O3. The standard InChI is InChI=1S/C22H33N3O3/c1-2-28-20(27)23-7-6-22(14-23)8-15(9-22)24-10-16-17(11-24)18(16)19(26)25-12-21(13-25)4-3-5-21/h15-18H,2-14H2,1H3/t15?,16-,17+,18-,22?. The van der Waals surface area contributed by atoms with E-state index < -0.39 is 0 Å². The third-order valence-corrected chi connectivity index (χ3v) is 9.10. The van der Waals surface area contributed by atoms with E-state index in [0.29, 0.717) is 47.1 Å². The molecule has 6 aliphatic rings. The van der Waals surface area contributed by atoms with Gasteiger partial charge in [0.1, 0.15) is 0 Å². The first-order valence-electron chi connectivity index (χ1n) is 11.5. The molecule has 6 fully saturated rings. The predicted octanol–water partition coefficient (Wildman–Crippen LogP) is 2.19. The topological polar surface area (TPSA) is 53.1 Å². The van der Waals surface area contributed by atoms with Gasteiger partial charge >= 0.3 is 6.09 Å². The van der Waals surface area contributed by atoms with Crippen molar-refractivity contribution in [2.75, 3.05) is 45.9 Å². The summed E-state index contributed by atoms with van der Waals surface area (Å²) in [6.07, 6.45) is 7.48. The summed E-state index contributed by atoms with van der Waals surface area (Å²) >= 11 is 0. The lowest BCUT2D eigenvalue weighted by Crippen LogP contribution is -2.62. The van der Waals surface area contributed by atoms with Crippen LogP contribution in [0.4, 0.5) is 4.79 Å². The van der Waals surface area contributed by atoms with Crippen molar-refractivity contribution in [3.8, 4) is 0 Å². The molecule has 0 N–H and O–H groups in total. The number of hydrogen-bond acceptors (Lipinski definition) is 4. The van der Waals surface area contributed by atoms with Gasteiger partial charge in [-0.15, -0.1) is 0 Å². The molecule has 0 radical (unpaired) electrons. The van der Waals surface area contributed by atoms with Crippen LogP contribution in [-0.4, -0.2) is 78.6 Å². The number of hydrogen-bond donors (Lipinski definition) is 0. The molecule has 6 nitrogen and oxygen atoms in total. The first-order valence-corrected chi connectivity index (χ1v) is 11.5. The first-order chi connectivity index (χ1) is 13.5. The van der Waals surface area contributed by atoms with Crippen LogP contribution in [0, 0.1) is 28.6 Å². The molecule has 6 rings (SSSR count). The molecule has 28 heavy (non-hydrogen) atoms. The molecule has 3 saturated heterocycles. The second kappa shape index (κ2) is 5.87. The molecule has 2 spiro atoms. The molecule has 0 aromatic rings. The van der Waals surface area contributed by atoms with Crippen LogP contribution in [0.25, 0.3) is 0 Å². The van der Waals surface area contributed by atoms with Gasteiger partial charge in [0, 0.05) is 56.6 Å². The van der Waals surface area contributed by atoms with Gasteiger partial charge in [0.05, 0.1) is 6.61 Å². The van der Waals surface area contributed by atoms with Gasteiger partial charge < -0.3 is 14.5 Å². The maximum absolute atomic E-state index is 12.8. The maximum Gasteiger partial charge on any atom is 0.409 e. The highest BCUT2D eigenvalue weighted by atomic mass is 16.6. The van der Waals surface area contributed by atoms with E-state index in [1.807, 2.05) is 11.8 Å². The zero-order valence-corrected chi connectivity index (χ0v) is 17.1. The largest absolute Gasteiger partial charge is 0.450 e. The van der Waals surface area contributed by atoms with Crippen molar-refractivity contribution in [3.05, 3.63) is 0 Å². The monoisotopic (exact) mass is 387 g/mol. The van der Waals surface area contributed by atoms with Gasteiger partial charge in [-0.3, -0.25) is 9.69 Å². The molecule has 2 amide bonds. The molecule has 3 saturated carbocycles. The Morgan fingerprint density at radius 2 is 1.64 bits per heavy atom. The number of carbonyl (C=O) groups excluding carboxylic acids is 2. The fourth-order valence-electron chi connectivity index (χ4n) is 7.18. The van der Waals surface area contributed by atoms with Gasteiger partial charge in [-0.2, -0.15) is 0 Å². The SMILES string of the molecule is CCOC(=O)N1CCC2(CC(N3C[C@@H]4[C@H](C3)[C@@H]4C(=O)N3CC4(CCC4)C3)C2)C1. The van der Waals surface area contributed by atoms with E-state index >= 15 is 0 Å². The number of likely N-dealkylation sites (tertiary alicyclic amines) is 3. The van der Waals surface area contributed by atoms with Gasteiger partial charge in [-0.25, -0.2) is 4.79 Å². The molecule has 6 heteroatoms. The Hall–Kier alpha value is -1.30. The average molecular weight is 388 g/mol. The summed E-state index contributed by atoms with van der Waals surface area (Å²) in [6.45, 7) is 8.41. The summed E-state index contributed by atoms with van der Waals surface area (Å²) in [5, 5.41) is 0. The van der Waals surface area contributed by atoms with Crippen molar-refractivity contribution in [1.29, 1.82) is 0 Å². The lowest BCUT2D eigenvalue weighted by Gasteiger charge is -2.56. The molecule has 0 bridgehead atoms. The molecule has 154 valence electrons. The van der Waals surface area contributed by atoms with Crippen LogP contribution in [-0.2, 0) is 9.53 Å². The number of piperidine rings is 1. The molecule has 0 aromatic carbocycles. The van der Waals surface area contributed by atoms with Crippen molar-refractivity contribution in [2.45, 2.75) is 51.5 Å². The lowest BCUT2D eigenvalue weighted by molar-refractivity contribution is -0.152. The summed E-state index contributed by atoms with van der Waals surface area (Å²) in [4.78, 5) is 31.5. The highest BCUT2D eigenvalue weighted by Crippen LogP contribution is 2.58. The number of rotatable bonds is 3. The Kier molecular flexibility index (Phi) is 3.68. The Morgan fingerprint density at radius 3 is 2.25 bits per heavy atom. The molecular weight excluding hydrogens is 354 g/mol. The fraction of sp³-hybridized carbons (Fsp3) is 0.909. The van der Waals surface area contributed by atoms with E-state index in [-0.39, 0.29) is 6.09 Å². The molecule has 3 heterocycles. The first kappa shape index (κ1) is 17.5. The van der Waals surface area contributed by atoms with Crippen LogP contribution in [0.5, 0.6) is 0 Å². The van der Waals surface area contributed by atoms with E-state index in [1.165, 1.54) is 32.1 Å². The van der Waals surface area contributed by atoms with E-state index in [1.54, 1.807) is 0 Å². The number of fused-ring (bicyclic) bond motifs is 1. The second-order valence-corrected chi connectivity index (χ2v) is 10.8. The zero-order valence-electron chi connectivity index (χ0n) is 17.1. The summed E-state index contributed by atoms with van der Waals surface area (Å²) in [5.41, 5.74) is 0.888. The Balaban J connectivity index is 0.962. The highest BCUT2D eigenvalue weighted by molar-refractivity contribution is 5.83. The van der Waals surface area contributed by atoms with Crippen molar-refractivity contribution in [3.63, 3.8) is 0 Å². The lowest BCUT2D eigenvalue weighted by atomic mass is 9.63. The molecule has 3 aliphatic heterocycles. The molecule has 0 unspecified atom stereocenters. The Labute approximate surface area is 167 Å². The summed E-state index contributed by atoms with van der Waals surface area (Å²) < 4.78 is 5.17. The minimum Gasteiger partial charge on any atom is -0.450 e. The van der Waals surface area contributed by atoms with E-state index in [9.17, 15) is 9.59 Å². The van der Waals surface area contributed by atoms with Crippen molar-refractivity contribution in [1.82, 2.24) is 14.7 Å². The maximum atomic E-state index is 12.8. The minimum atomic E-state index is -0.138. The molecule has 3 aliphatic carbocycles.